The first-order valence-corrected chi connectivity index (χ1v) is 12.3. The average molecular weight is 454 g/mol. The predicted octanol–water partition coefficient (Wildman–Crippen LogP) is 6.61. The summed E-state index contributed by atoms with van der Waals surface area (Å²) < 4.78 is 10.8. The molecule has 0 N–H and O–H groups in total. The molecule has 2 aromatic rings. The van der Waals surface area contributed by atoms with Crippen LogP contribution in [0.2, 0.25) is 0 Å². The van der Waals surface area contributed by atoms with Gasteiger partial charge in [-0.15, -0.1) is 0 Å². The molecule has 2 atom stereocenters. The van der Waals surface area contributed by atoms with Crippen LogP contribution < -0.4 is 9.47 Å². The molecule has 33 heavy (non-hydrogen) atoms. The Morgan fingerprint density at radius 3 is 2.18 bits per heavy atom. The summed E-state index contributed by atoms with van der Waals surface area (Å²) in [5.74, 6) is 1.73. The number of unbranched alkanes of at least 4 members (excludes halogenated alkanes) is 1. The zero-order chi connectivity index (χ0) is 24.4. The van der Waals surface area contributed by atoms with E-state index in [-0.39, 0.29) is 12.0 Å². The van der Waals surface area contributed by atoms with Crippen molar-refractivity contribution in [2.45, 2.75) is 71.3 Å². The van der Waals surface area contributed by atoms with Crippen LogP contribution >= 0.6 is 0 Å². The summed E-state index contributed by atoms with van der Waals surface area (Å²) in [7, 11) is 5.46. The van der Waals surface area contributed by atoms with Crippen LogP contribution in [0, 0.1) is 5.92 Å². The lowest BCUT2D eigenvalue weighted by Gasteiger charge is -2.34. The molecule has 0 aliphatic rings. The molecule has 2 aromatic carbocycles. The molecule has 0 fully saturated rings. The molecule has 4 heteroatoms. The number of carbonyl (C=O) groups excluding carboxylic acids is 1. The Bertz CT molecular complexity index is 862. The van der Waals surface area contributed by atoms with Gasteiger partial charge in [0.2, 0.25) is 0 Å². The van der Waals surface area contributed by atoms with Gasteiger partial charge < -0.3 is 14.3 Å². The Labute approximate surface area is 201 Å². The monoisotopic (exact) mass is 453 g/mol. The molecule has 0 heterocycles. The van der Waals surface area contributed by atoms with Crippen molar-refractivity contribution in [3.8, 4) is 11.5 Å². The van der Waals surface area contributed by atoms with Crippen LogP contribution in [0.15, 0.2) is 42.5 Å². The quantitative estimate of drug-likeness (QED) is 0.302. The number of aryl methyl sites for hydroxylation is 1. The second kappa shape index (κ2) is 12.8. The van der Waals surface area contributed by atoms with E-state index in [1.54, 1.807) is 14.2 Å². The lowest BCUT2D eigenvalue weighted by Crippen LogP contribution is -2.35. The van der Waals surface area contributed by atoms with E-state index in [1.165, 1.54) is 30.3 Å². The number of hydrogen-bond acceptors (Lipinski definition) is 4. The Balaban J connectivity index is 2.08. The Kier molecular flexibility index (Phi) is 10.4. The number of ether oxygens (including phenoxy) is 2. The number of rotatable bonds is 14. The first-order chi connectivity index (χ1) is 15.8. The highest BCUT2D eigenvalue weighted by Crippen LogP contribution is 2.36. The molecule has 0 radical (unpaired) electrons. The van der Waals surface area contributed by atoms with E-state index >= 15 is 0 Å². The summed E-state index contributed by atoms with van der Waals surface area (Å²) >= 11 is 0. The molecule has 0 aromatic heterocycles. The van der Waals surface area contributed by atoms with Crippen molar-refractivity contribution < 1.29 is 14.3 Å². The molecule has 2 rings (SSSR count). The number of benzene rings is 2. The van der Waals surface area contributed by atoms with E-state index in [0.717, 1.165) is 42.9 Å². The maximum Gasteiger partial charge on any atom is 0.161 e. The summed E-state index contributed by atoms with van der Waals surface area (Å²) in [6.07, 6.45) is 6.48. The highest BCUT2D eigenvalue weighted by molar-refractivity contribution is 5.69. The third-order valence-electron chi connectivity index (χ3n) is 7.20. The van der Waals surface area contributed by atoms with Crippen molar-refractivity contribution in [1.82, 2.24) is 4.90 Å². The van der Waals surface area contributed by atoms with Gasteiger partial charge >= 0.3 is 0 Å². The van der Waals surface area contributed by atoms with Gasteiger partial charge in [-0.2, -0.15) is 0 Å². The summed E-state index contributed by atoms with van der Waals surface area (Å²) in [6, 6.07) is 15.1. The Hall–Kier alpha value is -2.33. The first kappa shape index (κ1) is 26.9. The fourth-order valence-electron chi connectivity index (χ4n) is 4.57. The fraction of sp³-hybridized carbons (Fsp3) is 0.552. The zero-order valence-corrected chi connectivity index (χ0v) is 21.7. The molecule has 2 unspecified atom stereocenters. The second-order valence-corrected chi connectivity index (χ2v) is 9.49. The molecular formula is C29H43NO3. The third kappa shape index (κ3) is 6.60. The van der Waals surface area contributed by atoms with Gasteiger partial charge in [0.05, 0.1) is 19.6 Å². The summed E-state index contributed by atoms with van der Waals surface area (Å²) in [6.45, 7) is 9.65. The summed E-state index contributed by atoms with van der Waals surface area (Å²) in [4.78, 5) is 14.8. The minimum absolute atomic E-state index is 0.229. The smallest absolute Gasteiger partial charge is 0.161 e. The van der Waals surface area contributed by atoms with Crippen molar-refractivity contribution in [2.24, 2.45) is 5.92 Å². The molecule has 0 saturated carbocycles. The number of carbonyl (C=O) groups is 1. The summed E-state index contributed by atoms with van der Waals surface area (Å²) in [5, 5.41) is 0. The van der Waals surface area contributed by atoms with E-state index in [2.05, 4.69) is 70.0 Å². The average Bonchev–Trinajstić information content (AvgIpc) is 2.84. The van der Waals surface area contributed by atoms with E-state index in [9.17, 15) is 4.79 Å². The van der Waals surface area contributed by atoms with Crippen LogP contribution in [0.5, 0.6) is 11.5 Å². The van der Waals surface area contributed by atoms with Crippen molar-refractivity contribution in [1.29, 1.82) is 0 Å². The number of hydrogen-bond donors (Lipinski definition) is 0. The fourth-order valence-corrected chi connectivity index (χ4v) is 4.57. The van der Waals surface area contributed by atoms with Crippen LogP contribution in [-0.2, 0) is 16.6 Å². The molecule has 0 saturated heterocycles. The van der Waals surface area contributed by atoms with Gasteiger partial charge in [0, 0.05) is 6.04 Å². The Morgan fingerprint density at radius 1 is 0.970 bits per heavy atom. The SMILES string of the molecule is CCCCc1ccc(C(C=O)(CCCN(C)C(C)c2ccc(OC)c(OC)c2)C(C)C)cc1. The van der Waals surface area contributed by atoms with Gasteiger partial charge in [-0.05, 0) is 80.9 Å². The van der Waals surface area contributed by atoms with Gasteiger partial charge in [0.1, 0.15) is 6.29 Å². The van der Waals surface area contributed by atoms with Crippen molar-refractivity contribution in [2.75, 3.05) is 27.8 Å². The number of aldehydes is 1. The minimum Gasteiger partial charge on any atom is -0.493 e. The molecule has 182 valence electrons. The number of methoxy groups -OCH3 is 2. The van der Waals surface area contributed by atoms with Gasteiger partial charge in [-0.25, -0.2) is 0 Å². The van der Waals surface area contributed by atoms with Gasteiger partial charge in [0.25, 0.3) is 0 Å². The van der Waals surface area contributed by atoms with Gasteiger partial charge in [0.15, 0.2) is 11.5 Å². The Morgan fingerprint density at radius 2 is 1.64 bits per heavy atom. The van der Waals surface area contributed by atoms with Crippen LogP contribution in [0.3, 0.4) is 0 Å². The molecule has 0 amide bonds. The van der Waals surface area contributed by atoms with Crippen LogP contribution in [0.25, 0.3) is 0 Å². The van der Waals surface area contributed by atoms with Crippen molar-refractivity contribution in [3.05, 3.63) is 59.2 Å². The van der Waals surface area contributed by atoms with E-state index in [1.807, 2.05) is 12.1 Å². The van der Waals surface area contributed by atoms with E-state index < -0.39 is 5.41 Å². The zero-order valence-electron chi connectivity index (χ0n) is 21.7. The molecule has 0 bridgehead atoms. The molecule has 4 nitrogen and oxygen atoms in total. The van der Waals surface area contributed by atoms with Crippen LogP contribution in [0.1, 0.15) is 76.1 Å². The molecular weight excluding hydrogens is 410 g/mol. The molecule has 0 aliphatic heterocycles. The minimum atomic E-state index is -0.448. The number of nitrogens with zero attached hydrogens (tertiary/aromatic N) is 1. The third-order valence-corrected chi connectivity index (χ3v) is 7.20. The van der Waals surface area contributed by atoms with E-state index in [4.69, 9.17) is 9.47 Å². The second-order valence-electron chi connectivity index (χ2n) is 9.49. The maximum absolute atomic E-state index is 12.4. The largest absolute Gasteiger partial charge is 0.493 e. The lowest BCUT2D eigenvalue weighted by molar-refractivity contribution is -0.114. The standard InChI is InChI=1S/C29H43NO3/c1-8-9-11-24-12-15-26(16-13-24)29(21-31,22(2)3)18-10-19-30(5)23(4)25-14-17-27(32-6)28(20-25)33-7/h12-17,20-23H,8-11,18-19H2,1-7H3. The molecule has 0 aliphatic carbocycles. The van der Waals surface area contributed by atoms with Crippen molar-refractivity contribution in [3.63, 3.8) is 0 Å². The molecule has 0 spiro atoms. The maximum atomic E-state index is 12.4. The predicted molar refractivity (Wildman–Crippen MR) is 137 cm³/mol. The van der Waals surface area contributed by atoms with Crippen molar-refractivity contribution >= 4 is 6.29 Å². The van der Waals surface area contributed by atoms with Gasteiger partial charge in [-0.1, -0.05) is 57.5 Å². The summed E-state index contributed by atoms with van der Waals surface area (Å²) in [5.41, 5.74) is 3.23. The first-order valence-electron chi connectivity index (χ1n) is 12.3. The lowest BCUT2D eigenvalue weighted by atomic mass is 9.69. The highest BCUT2D eigenvalue weighted by atomic mass is 16.5. The normalized spacial score (nSPS) is 14.2. The topological polar surface area (TPSA) is 38.8 Å². The van der Waals surface area contributed by atoms with Gasteiger partial charge in [-0.3, -0.25) is 4.90 Å². The highest BCUT2D eigenvalue weighted by Gasteiger charge is 2.35. The van der Waals surface area contributed by atoms with Crippen LogP contribution in [0.4, 0.5) is 0 Å². The van der Waals surface area contributed by atoms with E-state index in [0.29, 0.717) is 0 Å². The van der Waals surface area contributed by atoms with Crippen LogP contribution in [-0.4, -0.2) is 39.0 Å².